The Hall–Kier alpha value is -7.68. The molecule has 288 valence electrons. The van der Waals surface area contributed by atoms with Gasteiger partial charge in [-0.15, -0.1) is 0 Å². The minimum atomic E-state index is -0.0404. The van der Waals surface area contributed by atoms with Crippen LogP contribution in [0.25, 0.3) is 100 Å². The van der Waals surface area contributed by atoms with E-state index in [9.17, 15) is 0 Å². The maximum atomic E-state index is 5.23. The number of hydrogen-bond donors (Lipinski definition) is 0. The maximum Gasteiger partial charge on any atom is 0.160 e. The van der Waals surface area contributed by atoms with Crippen molar-refractivity contribution in [1.82, 2.24) is 9.97 Å². The van der Waals surface area contributed by atoms with Crippen molar-refractivity contribution in [3.63, 3.8) is 0 Å². The van der Waals surface area contributed by atoms with Crippen molar-refractivity contribution in [2.45, 2.75) is 19.3 Å². The molecule has 0 amide bonds. The van der Waals surface area contributed by atoms with Crippen LogP contribution in [0.4, 0.5) is 0 Å². The summed E-state index contributed by atoms with van der Waals surface area (Å²) < 4.78 is 0. The number of rotatable bonds is 7. The largest absolute Gasteiger partial charge is 0.228 e. The zero-order valence-electron chi connectivity index (χ0n) is 34.2. The molecule has 2 nitrogen and oxygen atoms in total. The third-order valence-electron chi connectivity index (χ3n) is 12.5. The highest BCUT2D eigenvalue weighted by molar-refractivity contribution is 6.05. The number of nitrogens with zero attached hydrogens (tertiary/aromatic N) is 2. The van der Waals surface area contributed by atoms with Gasteiger partial charge in [-0.25, -0.2) is 9.97 Å². The molecule has 1 aromatic heterocycles. The van der Waals surface area contributed by atoms with Gasteiger partial charge in [-0.3, -0.25) is 0 Å². The van der Waals surface area contributed by atoms with Crippen LogP contribution in [0.1, 0.15) is 25.0 Å². The summed E-state index contributed by atoms with van der Waals surface area (Å²) in [6.45, 7) is 4.69. The molecule has 61 heavy (non-hydrogen) atoms. The molecule has 0 atom stereocenters. The fourth-order valence-electron chi connectivity index (χ4n) is 9.32. The molecule has 1 aliphatic carbocycles. The first-order valence-corrected chi connectivity index (χ1v) is 21.1. The summed E-state index contributed by atoms with van der Waals surface area (Å²) >= 11 is 0. The minimum Gasteiger partial charge on any atom is -0.228 e. The molecular formula is C59H42N2. The van der Waals surface area contributed by atoms with Gasteiger partial charge in [0, 0.05) is 22.1 Å². The van der Waals surface area contributed by atoms with Crippen molar-refractivity contribution in [1.29, 1.82) is 0 Å². The van der Waals surface area contributed by atoms with E-state index in [0.717, 1.165) is 33.5 Å². The Morgan fingerprint density at radius 1 is 0.279 bits per heavy atom. The van der Waals surface area contributed by atoms with Crippen molar-refractivity contribution in [2.24, 2.45) is 0 Å². The van der Waals surface area contributed by atoms with Crippen molar-refractivity contribution in [2.75, 3.05) is 0 Å². The highest BCUT2D eigenvalue weighted by Gasteiger charge is 2.35. The normalized spacial score (nSPS) is 12.6. The lowest BCUT2D eigenvalue weighted by molar-refractivity contribution is 0.660. The van der Waals surface area contributed by atoms with E-state index in [4.69, 9.17) is 9.97 Å². The second-order valence-corrected chi connectivity index (χ2v) is 16.6. The van der Waals surface area contributed by atoms with Crippen LogP contribution >= 0.6 is 0 Å². The van der Waals surface area contributed by atoms with Crippen LogP contribution in [-0.4, -0.2) is 9.97 Å². The van der Waals surface area contributed by atoms with Crippen LogP contribution in [0.2, 0.25) is 0 Å². The Kier molecular flexibility index (Phi) is 8.86. The summed E-state index contributed by atoms with van der Waals surface area (Å²) in [6.07, 6.45) is 0. The van der Waals surface area contributed by atoms with Gasteiger partial charge in [-0.2, -0.15) is 0 Å². The highest BCUT2D eigenvalue weighted by Crippen LogP contribution is 2.49. The molecule has 0 unspecified atom stereocenters. The van der Waals surface area contributed by atoms with Gasteiger partial charge in [0.1, 0.15) is 0 Å². The van der Waals surface area contributed by atoms with Gasteiger partial charge in [0.2, 0.25) is 0 Å². The van der Waals surface area contributed by atoms with Crippen molar-refractivity contribution < 1.29 is 0 Å². The summed E-state index contributed by atoms with van der Waals surface area (Å²) in [7, 11) is 0. The summed E-state index contributed by atoms with van der Waals surface area (Å²) in [5, 5.41) is 2.33. The lowest BCUT2D eigenvalue weighted by Gasteiger charge is -2.22. The molecule has 0 saturated carbocycles. The molecule has 0 radical (unpaired) electrons. The van der Waals surface area contributed by atoms with E-state index in [2.05, 4.69) is 208 Å². The Bertz CT molecular complexity index is 3250. The Morgan fingerprint density at radius 3 is 1.46 bits per heavy atom. The molecule has 1 heterocycles. The van der Waals surface area contributed by atoms with Gasteiger partial charge >= 0.3 is 0 Å². The molecule has 11 rings (SSSR count). The molecular weight excluding hydrogens is 737 g/mol. The molecule has 0 bridgehead atoms. The zero-order valence-corrected chi connectivity index (χ0v) is 34.2. The van der Waals surface area contributed by atoms with Gasteiger partial charge in [-0.05, 0) is 102 Å². The highest BCUT2D eigenvalue weighted by atomic mass is 14.9. The molecule has 0 aliphatic heterocycles. The number of benzene rings is 9. The number of aromatic nitrogens is 2. The number of fused-ring (bicyclic) bond motifs is 4. The van der Waals surface area contributed by atoms with E-state index in [1.807, 2.05) is 24.3 Å². The average Bonchev–Trinajstić information content (AvgIpc) is 3.56. The molecule has 0 spiro atoms. The topological polar surface area (TPSA) is 25.8 Å². The molecule has 9 aromatic carbocycles. The van der Waals surface area contributed by atoms with Gasteiger partial charge in [0.15, 0.2) is 5.82 Å². The van der Waals surface area contributed by atoms with Crippen molar-refractivity contribution >= 4 is 10.8 Å². The van der Waals surface area contributed by atoms with Crippen LogP contribution in [0.3, 0.4) is 0 Å². The predicted molar refractivity (Wildman–Crippen MR) is 255 cm³/mol. The smallest absolute Gasteiger partial charge is 0.160 e. The zero-order chi connectivity index (χ0) is 40.9. The molecule has 2 heteroatoms. The predicted octanol–water partition coefficient (Wildman–Crippen LogP) is 15.6. The standard InChI is InChI=1S/C59H42N2/c1-59(2)54-26-12-11-25-51(54)52-32-31-46(37-55(52)59)44-20-13-19-43(35-44)45-21-14-22-47(36-45)48-33-34-53(50-24-10-9-23-49(48)50)57-38-56(60-58(61-57)42-17-7-4-8-18-42)41-29-27-40(28-30-41)39-15-5-3-6-16-39/h3-38H,1-2H3. The third kappa shape index (κ3) is 6.54. The lowest BCUT2D eigenvalue weighted by atomic mass is 9.81. The molecule has 0 fully saturated rings. The van der Waals surface area contributed by atoms with E-state index in [0.29, 0.717) is 5.82 Å². The second-order valence-electron chi connectivity index (χ2n) is 16.6. The monoisotopic (exact) mass is 778 g/mol. The van der Waals surface area contributed by atoms with Gasteiger partial charge in [-0.1, -0.05) is 208 Å². The van der Waals surface area contributed by atoms with E-state index in [1.54, 1.807) is 0 Å². The molecule has 0 N–H and O–H groups in total. The number of hydrogen-bond acceptors (Lipinski definition) is 2. The van der Waals surface area contributed by atoms with Crippen molar-refractivity contribution in [3.8, 4) is 89.5 Å². The Morgan fingerprint density at radius 2 is 0.738 bits per heavy atom. The summed E-state index contributed by atoms with van der Waals surface area (Å²) in [4.78, 5) is 10.4. The summed E-state index contributed by atoms with van der Waals surface area (Å²) in [6, 6.07) is 78.6. The van der Waals surface area contributed by atoms with Gasteiger partial charge in [0.25, 0.3) is 0 Å². The third-order valence-corrected chi connectivity index (χ3v) is 12.5. The second kappa shape index (κ2) is 14.9. The Balaban J connectivity index is 0.963. The fraction of sp³-hybridized carbons (Fsp3) is 0.0508. The van der Waals surface area contributed by atoms with E-state index in [-0.39, 0.29) is 5.41 Å². The first kappa shape index (κ1) is 36.4. The SMILES string of the molecule is CC1(C)c2ccccc2-c2ccc(-c3cccc(-c4cccc(-c5ccc(-c6cc(-c7ccc(-c8ccccc8)cc7)nc(-c7ccccc7)n6)c6ccccc56)c4)c3)cc21. The average molecular weight is 779 g/mol. The molecule has 0 saturated heterocycles. The molecule has 10 aromatic rings. The Labute approximate surface area is 357 Å². The van der Waals surface area contributed by atoms with Crippen LogP contribution < -0.4 is 0 Å². The minimum absolute atomic E-state index is 0.0404. The van der Waals surface area contributed by atoms with Crippen molar-refractivity contribution in [3.05, 3.63) is 230 Å². The van der Waals surface area contributed by atoms with E-state index < -0.39 is 0 Å². The van der Waals surface area contributed by atoms with E-state index in [1.165, 1.54) is 72.1 Å². The summed E-state index contributed by atoms with van der Waals surface area (Å²) in [5.74, 6) is 0.706. The first-order chi connectivity index (χ1) is 30.0. The van der Waals surface area contributed by atoms with Crippen LogP contribution in [0, 0.1) is 0 Å². The molecule has 1 aliphatic rings. The fourth-order valence-corrected chi connectivity index (χ4v) is 9.32. The van der Waals surface area contributed by atoms with E-state index >= 15 is 0 Å². The quantitative estimate of drug-likeness (QED) is 0.161. The lowest BCUT2D eigenvalue weighted by Crippen LogP contribution is -2.14. The van der Waals surface area contributed by atoms with Crippen LogP contribution in [0.15, 0.2) is 218 Å². The maximum absolute atomic E-state index is 5.23. The van der Waals surface area contributed by atoms with Crippen LogP contribution in [-0.2, 0) is 5.41 Å². The van der Waals surface area contributed by atoms with Gasteiger partial charge < -0.3 is 0 Å². The first-order valence-electron chi connectivity index (χ1n) is 21.1. The van der Waals surface area contributed by atoms with Gasteiger partial charge in [0.05, 0.1) is 11.4 Å². The summed E-state index contributed by atoms with van der Waals surface area (Å²) in [5.41, 5.74) is 19.9. The van der Waals surface area contributed by atoms with Crippen LogP contribution in [0.5, 0.6) is 0 Å².